The SMILES string of the molecule is O=C1Nc2ccccc2[C@@H]1CC(=O)N1CCC[C@H]1Cn1cccn1. The van der Waals surface area contributed by atoms with E-state index in [1.807, 2.05) is 46.1 Å². The molecule has 6 heteroatoms. The van der Waals surface area contributed by atoms with Crippen LogP contribution in [0.1, 0.15) is 30.7 Å². The van der Waals surface area contributed by atoms with E-state index in [1.54, 1.807) is 6.20 Å². The Bertz CT molecular complexity index is 756. The summed E-state index contributed by atoms with van der Waals surface area (Å²) in [5.74, 6) is -0.395. The molecule has 2 amide bonds. The van der Waals surface area contributed by atoms with Crippen molar-refractivity contribution in [3.8, 4) is 0 Å². The molecule has 24 heavy (non-hydrogen) atoms. The first-order valence-corrected chi connectivity index (χ1v) is 8.39. The summed E-state index contributed by atoms with van der Waals surface area (Å²) in [6, 6.07) is 9.67. The first-order valence-electron chi connectivity index (χ1n) is 8.39. The second-order valence-corrected chi connectivity index (χ2v) is 6.44. The van der Waals surface area contributed by atoms with Crippen LogP contribution in [0.3, 0.4) is 0 Å². The Kier molecular flexibility index (Phi) is 3.80. The Morgan fingerprint density at radius 2 is 2.17 bits per heavy atom. The van der Waals surface area contributed by atoms with Gasteiger partial charge in [0, 0.05) is 31.0 Å². The van der Waals surface area contributed by atoms with E-state index in [4.69, 9.17) is 0 Å². The van der Waals surface area contributed by atoms with Gasteiger partial charge in [-0.15, -0.1) is 0 Å². The van der Waals surface area contributed by atoms with Crippen molar-refractivity contribution in [3.63, 3.8) is 0 Å². The molecule has 1 N–H and O–H groups in total. The lowest BCUT2D eigenvalue weighted by atomic mass is 9.96. The number of anilines is 1. The molecule has 0 unspecified atom stereocenters. The van der Waals surface area contributed by atoms with Gasteiger partial charge in [0.25, 0.3) is 0 Å². The minimum Gasteiger partial charge on any atom is -0.338 e. The first-order chi connectivity index (χ1) is 11.7. The highest BCUT2D eigenvalue weighted by atomic mass is 16.2. The summed E-state index contributed by atoms with van der Waals surface area (Å²) in [7, 11) is 0. The van der Waals surface area contributed by atoms with Crippen molar-refractivity contribution in [2.75, 3.05) is 11.9 Å². The molecular weight excluding hydrogens is 304 g/mol. The van der Waals surface area contributed by atoms with Gasteiger partial charge >= 0.3 is 0 Å². The molecule has 4 rings (SSSR count). The van der Waals surface area contributed by atoms with Crippen LogP contribution < -0.4 is 5.32 Å². The summed E-state index contributed by atoms with van der Waals surface area (Å²) in [5, 5.41) is 7.10. The van der Waals surface area contributed by atoms with Crippen LogP contribution in [0.4, 0.5) is 5.69 Å². The van der Waals surface area contributed by atoms with E-state index < -0.39 is 0 Å². The van der Waals surface area contributed by atoms with Crippen LogP contribution in [0, 0.1) is 0 Å². The molecule has 0 bridgehead atoms. The minimum absolute atomic E-state index is 0.0570. The van der Waals surface area contributed by atoms with Gasteiger partial charge < -0.3 is 10.2 Å². The third-order valence-electron chi connectivity index (χ3n) is 4.94. The van der Waals surface area contributed by atoms with E-state index in [1.165, 1.54) is 0 Å². The number of rotatable bonds is 4. The largest absolute Gasteiger partial charge is 0.338 e. The van der Waals surface area contributed by atoms with Crippen LogP contribution in [0.25, 0.3) is 0 Å². The fourth-order valence-corrected chi connectivity index (χ4v) is 3.75. The number of amides is 2. The maximum Gasteiger partial charge on any atom is 0.232 e. The summed E-state index contributed by atoms with van der Waals surface area (Å²) < 4.78 is 1.87. The number of hydrogen-bond donors (Lipinski definition) is 1. The molecule has 0 radical (unpaired) electrons. The van der Waals surface area contributed by atoms with Crippen molar-refractivity contribution in [1.29, 1.82) is 0 Å². The first kappa shape index (κ1) is 14.9. The highest BCUT2D eigenvalue weighted by Crippen LogP contribution is 2.35. The van der Waals surface area contributed by atoms with Gasteiger partial charge in [0.05, 0.1) is 18.5 Å². The molecule has 2 atom stereocenters. The average Bonchev–Trinajstić information content (AvgIpc) is 3.30. The predicted molar refractivity (Wildman–Crippen MR) is 89.4 cm³/mol. The highest BCUT2D eigenvalue weighted by Gasteiger charge is 2.36. The maximum atomic E-state index is 12.8. The molecule has 1 fully saturated rings. The Hall–Kier alpha value is -2.63. The molecule has 1 aromatic heterocycles. The number of nitrogens with one attached hydrogen (secondary N) is 1. The molecule has 6 nitrogen and oxygen atoms in total. The predicted octanol–water partition coefficient (Wildman–Crippen LogP) is 2.00. The number of fused-ring (bicyclic) bond motifs is 1. The molecule has 1 aromatic carbocycles. The van der Waals surface area contributed by atoms with Crippen molar-refractivity contribution < 1.29 is 9.59 Å². The molecule has 0 saturated carbocycles. The number of aromatic nitrogens is 2. The smallest absolute Gasteiger partial charge is 0.232 e. The minimum atomic E-state index is -0.375. The Morgan fingerprint density at radius 1 is 1.29 bits per heavy atom. The van der Waals surface area contributed by atoms with Gasteiger partial charge in [0.2, 0.25) is 11.8 Å². The molecule has 2 aliphatic rings. The second kappa shape index (κ2) is 6.11. The van der Waals surface area contributed by atoms with Crippen molar-refractivity contribution in [2.45, 2.75) is 37.8 Å². The highest BCUT2D eigenvalue weighted by molar-refractivity contribution is 6.04. The fourth-order valence-electron chi connectivity index (χ4n) is 3.75. The monoisotopic (exact) mass is 324 g/mol. The van der Waals surface area contributed by atoms with Gasteiger partial charge in [-0.1, -0.05) is 18.2 Å². The summed E-state index contributed by atoms with van der Waals surface area (Å²) in [6.07, 6.45) is 5.89. The van der Waals surface area contributed by atoms with E-state index in [0.717, 1.165) is 30.6 Å². The molecule has 1 saturated heterocycles. The third-order valence-corrected chi connectivity index (χ3v) is 4.94. The van der Waals surface area contributed by atoms with Crippen molar-refractivity contribution >= 4 is 17.5 Å². The number of likely N-dealkylation sites (tertiary alicyclic amines) is 1. The van der Waals surface area contributed by atoms with Crippen LogP contribution in [0.5, 0.6) is 0 Å². The van der Waals surface area contributed by atoms with Crippen LogP contribution in [0.15, 0.2) is 42.7 Å². The van der Waals surface area contributed by atoms with Crippen LogP contribution in [-0.4, -0.2) is 39.1 Å². The van der Waals surface area contributed by atoms with Crippen molar-refractivity contribution in [1.82, 2.24) is 14.7 Å². The Balaban J connectivity index is 1.47. The third kappa shape index (κ3) is 2.68. The Morgan fingerprint density at radius 3 is 3.00 bits per heavy atom. The lowest BCUT2D eigenvalue weighted by molar-refractivity contribution is -0.134. The van der Waals surface area contributed by atoms with Gasteiger partial charge in [-0.3, -0.25) is 14.3 Å². The lowest BCUT2D eigenvalue weighted by Gasteiger charge is -2.25. The van der Waals surface area contributed by atoms with Crippen LogP contribution in [-0.2, 0) is 16.1 Å². The number of benzene rings is 1. The summed E-state index contributed by atoms with van der Waals surface area (Å²) in [4.78, 5) is 27.0. The van der Waals surface area contributed by atoms with E-state index in [-0.39, 0.29) is 30.2 Å². The number of carbonyl (C=O) groups is 2. The molecule has 0 spiro atoms. The molecule has 2 aliphatic heterocycles. The molecule has 3 heterocycles. The summed E-state index contributed by atoms with van der Waals surface area (Å²) in [5.41, 5.74) is 1.76. The number of para-hydroxylation sites is 1. The van der Waals surface area contributed by atoms with Gasteiger partial charge in [-0.2, -0.15) is 5.10 Å². The summed E-state index contributed by atoms with van der Waals surface area (Å²) in [6.45, 7) is 1.48. The standard InChI is InChI=1S/C18H20N4O2/c23-17(11-15-14-6-1-2-7-16(14)20-18(15)24)22-10-3-5-13(22)12-21-9-4-8-19-21/h1-2,4,6-9,13,15H,3,5,10-12H2,(H,20,24)/t13-,15-/m0/s1. The second-order valence-electron chi connectivity index (χ2n) is 6.44. The number of carbonyl (C=O) groups excluding carboxylic acids is 2. The molecule has 124 valence electrons. The van der Waals surface area contributed by atoms with E-state index in [0.29, 0.717) is 6.54 Å². The topological polar surface area (TPSA) is 67.2 Å². The Labute approximate surface area is 140 Å². The normalized spacial score (nSPS) is 22.5. The van der Waals surface area contributed by atoms with E-state index >= 15 is 0 Å². The summed E-state index contributed by atoms with van der Waals surface area (Å²) >= 11 is 0. The zero-order valence-electron chi connectivity index (χ0n) is 13.4. The van der Waals surface area contributed by atoms with Crippen LogP contribution in [0.2, 0.25) is 0 Å². The van der Waals surface area contributed by atoms with Gasteiger partial charge in [0.1, 0.15) is 0 Å². The van der Waals surface area contributed by atoms with E-state index in [2.05, 4.69) is 10.4 Å². The van der Waals surface area contributed by atoms with Crippen molar-refractivity contribution in [3.05, 3.63) is 48.3 Å². The lowest BCUT2D eigenvalue weighted by Crippen LogP contribution is -2.39. The average molecular weight is 324 g/mol. The molecular formula is C18H20N4O2. The van der Waals surface area contributed by atoms with Crippen LogP contribution >= 0.6 is 0 Å². The zero-order valence-corrected chi connectivity index (χ0v) is 13.4. The molecule has 0 aliphatic carbocycles. The number of nitrogens with zero attached hydrogens (tertiary/aromatic N) is 3. The van der Waals surface area contributed by atoms with E-state index in [9.17, 15) is 9.59 Å². The van der Waals surface area contributed by atoms with Crippen molar-refractivity contribution in [2.24, 2.45) is 0 Å². The zero-order chi connectivity index (χ0) is 16.5. The van der Waals surface area contributed by atoms with Gasteiger partial charge in [-0.25, -0.2) is 0 Å². The maximum absolute atomic E-state index is 12.8. The van der Waals surface area contributed by atoms with Gasteiger partial charge in [0.15, 0.2) is 0 Å². The fraction of sp³-hybridized carbons (Fsp3) is 0.389. The van der Waals surface area contributed by atoms with Gasteiger partial charge in [-0.05, 0) is 30.5 Å². The quantitative estimate of drug-likeness (QED) is 0.935. The number of hydrogen-bond acceptors (Lipinski definition) is 3. The molecule has 2 aromatic rings.